The molecule has 0 bridgehead atoms. The Labute approximate surface area is 139 Å². The summed E-state index contributed by atoms with van der Waals surface area (Å²) < 4.78 is 15.5. The Morgan fingerprint density at radius 1 is 1.29 bits per heavy atom. The van der Waals surface area contributed by atoms with Gasteiger partial charge in [-0.1, -0.05) is 0 Å². The maximum absolute atomic E-state index is 13.7. The van der Waals surface area contributed by atoms with Crippen molar-refractivity contribution in [3.63, 3.8) is 0 Å². The lowest BCUT2D eigenvalue weighted by molar-refractivity contribution is 0.0804. The number of halogens is 1. The van der Waals surface area contributed by atoms with Crippen LogP contribution in [0.3, 0.4) is 0 Å². The number of carbonyl (C=O) groups excluding carboxylic acids is 1. The summed E-state index contributed by atoms with van der Waals surface area (Å²) in [6.07, 6.45) is 3.61. The monoisotopic (exact) mass is 326 g/mol. The molecule has 0 aliphatic heterocycles. The minimum atomic E-state index is -0.385. The van der Waals surface area contributed by atoms with Gasteiger partial charge in [0.05, 0.1) is 23.0 Å². The van der Waals surface area contributed by atoms with Crippen LogP contribution >= 0.6 is 0 Å². The molecule has 3 rings (SSSR count). The largest absolute Gasteiger partial charge is 0.342 e. The molecule has 2 aromatic heterocycles. The topological polar surface area (TPSA) is 51.0 Å². The minimum absolute atomic E-state index is 0.153. The lowest BCUT2D eigenvalue weighted by Gasteiger charge is -2.16. The zero-order valence-electron chi connectivity index (χ0n) is 14.0. The molecule has 0 aliphatic rings. The Kier molecular flexibility index (Phi) is 4.29. The number of benzene rings is 1. The fraction of sp³-hybridized carbons (Fsp3) is 0.278. The normalized spacial score (nSPS) is 11.0. The highest BCUT2D eigenvalue weighted by Gasteiger charge is 2.17. The fourth-order valence-electron chi connectivity index (χ4n) is 2.54. The third-order valence-electron chi connectivity index (χ3n) is 4.08. The van der Waals surface area contributed by atoms with E-state index in [0.717, 1.165) is 12.1 Å². The van der Waals surface area contributed by atoms with Crippen molar-refractivity contribution in [3.8, 4) is 11.3 Å². The number of aryl methyl sites for hydroxylation is 1. The van der Waals surface area contributed by atoms with E-state index in [-0.39, 0.29) is 11.7 Å². The summed E-state index contributed by atoms with van der Waals surface area (Å²) in [5.41, 5.74) is 2.52. The van der Waals surface area contributed by atoms with Crippen LogP contribution < -0.4 is 0 Å². The van der Waals surface area contributed by atoms with Gasteiger partial charge >= 0.3 is 0 Å². The number of amides is 1. The van der Waals surface area contributed by atoms with E-state index in [4.69, 9.17) is 0 Å². The molecule has 2 heterocycles. The third-order valence-corrected chi connectivity index (χ3v) is 4.08. The van der Waals surface area contributed by atoms with E-state index in [1.54, 1.807) is 35.0 Å². The first-order valence-corrected chi connectivity index (χ1v) is 7.92. The highest BCUT2D eigenvalue weighted by Crippen LogP contribution is 2.26. The lowest BCUT2D eigenvalue weighted by Crippen LogP contribution is -2.26. The highest BCUT2D eigenvalue weighted by atomic mass is 19.1. The van der Waals surface area contributed by atoms with E-state index in [0.29, 0.717) is 28.7 Å². The van der Waals surface area contributed by atoms with E-state index in [1.807, 2.05) is 20.0 Å². The first-order valence-electron chi connectivity index (χ1n) is 7.92. The van der Waals surface area contributed by atoms with Gasteiger partial charge in [-0.25, -0.2) is 9.37 Å². The Balaban J connectivity index is 2.22. The van der Waals surface area contributed by atoms with Gasteiger partial charge in [0.2, 0.25) is 0 Å². The van der Waals surface area contributed by atoms with Crippen LogP contribution in [0, 0.1) is 5.82 Å². The van der Waals surface area contributed by atoms with Crippen molar-refractivity contribution >= 4 is 16.8 Å². The summed E-state index contributed by atoms with van der Waals surface area (Å²) in [7, 11) is 1.72. The standard InChI is InChI=1S/C18H19FN4O/c1-4-22(3)18(24)15-9-17(12-10-20-23(5-2)11-12)21-16-7-6-13(19)8-14(15)16/h6-11H,4-5H2,1-3H3. The van der Waals surface area contributed by atoms with Gasteiger partial charge in [0.1, 0.15) is 5.82 Å². The van der Waals surface area contributed by atoms with Gasteiger partial charge < -0.3 is 4.90 Å². The van der Waals surface area contributed by atoms with Gasteiger partial charge in [-0.15, -0.1) is 0 Å². The molecule has 0 fully saturated rings. The molecule has 0 radical (unpaired) electrons. The van der Waals surface area contributed by atoms with E-state index >= 15 is 0 Å². The van der Waals surface area contributed by atoms with Crippen molar-refractivity contribution in [1.82, 2.24) is 19.7 Å². The van der Waals surface area contributed by atoms with E-state index < -0.39 is 0 Å². The van der Waals surface area contributed by atoms with E-state index in [9.17, 15) is 9.18 Å². The summed E-state index contributed by atoms with van der Waals surface area (Å²) in [4.78, 5) is 18.9. The van der Waals surface area contributed by atoms with Gasteiger partial charge in [0, 0.05) is 37.3 Å². The number of fused-ring (bicyclic) bond motifs is 1. The molecule has 24 heavy (non-hydrogen) atoms. The van der Waals surface area contributed by atoms with Gasteiger partial charge in [-0.3, -0.25) is 9.48 Å². The quantitative estimate of drug-likeness (QED) is 0.739. The molecule has 0 aliphatic carbocycles. The molecule has 1 amide bonds. The van der Waals surface area contributed by atoms with Crippen LogP contribution in [-0.2, 0) is 6.54 Å². The summed E-state index contributed by atoms with van der Waals surface area (Å²) in [6.45, 7) is 5.22. The molecule has 1 aromatic carbocycles. The Bertz CT molecular complexity index is 903. The molecular formula is C18H19FN4O. The van der Waals surface area contributed by atoms with Crippen LogP contribution in [-0.4, -0.2) is 39.2 Å². The Morgan fingerprint density at radius 3 is 2.75 bits per heavy atom. The van der Waals surface area contributed by atoms with Crippen molar-refractivity contribution in [2.45, 2.75) is 20.4 Å². The highest BCUT2D eigenvalue weighted by molar-refractivity contribution is 6.07. The van der Waals surface area contributed by atoms with Gasteiger partial charge in [-0.05, 0) is 38.1 Å². The number of rotatable bonds is 4. The first kappa shape index (κ1) is 16.1. The van der Waals surface area contributed by atoms with Crippen molar-refractivity contribution < 1.29 is 9.18 Å². The zero-order valence-corrected chi connectivity index (χ0v) is 14.0. The second-order valence-electron chi connectivity index (χ2n) is 5.62. The zero-order chi connectivity index (χ0) is 17.3. The van der Waals surface area contributed by atoms with Crippen LogP contribution in [0.2, 0.25) is 0 Å². The molecule has 6 heteroatoms. The molecule has 0 atom stereocenters. The summed E-state index contributed by atoms with van der Waals surface area (Å²) in [5, 5.41) is 4.77. The smallest absolute Gasteiger partial charge is 0.254 e. The van der Waals surface area contributed by atoms with E-state index in [2.05, 4.69) is 10.1 Å². The molecule has 0 saturated heterocycles. The molecule has 0 unspecified atom stereocenters. The van der Waals surface area contributed by atoms with Crippen molar-refractivity contribution in [1.29, 1.82) is 0 Å². The second kappa shape index (κ2) is 6.39. The maximum Gasteiger partial charge on any atom is 0.254 e. The number of hydrogen-bond donors (Lipinski definition) is 0. The SMILES string of the molecule is CCN(C)C(=O)c1cc(-c2cnn(CC)c2)nc2ccc(F)cc12. The van der Waals surface area contributed by atoms with Crippen molar-refractivity contribution in [3.05, 3.63) is 48.0 Å². The first-order chi connectivity index (χ1) is 11.5. The third kappa shape index (κ3) is 2.87. The number of nitrogens with zero attached hydrogens (tertiary/aromatic N) is 4. The lowest BCUT2D eigenvalue weighted by atomic mass is 10.0. The number of pyridine rings is 1. The molecule has 0 spiro atoms. The molecule has 3 aromatic rings. The summed E-state index contributed by atoms with van der Waals surface area (Å²) in [6, 6.07) is 6.03. The number of carbonyl (C=O) groups is 1. The average Bonchev–Trinajstić information content (AvgIpc) is 3.08. The Morgan fingerprint density at radius 2 is 2.08 bits per heavy atom. The minimum Gasteiger partial charge on any atom is -0.342 e. The van der Waals surface area contributed by atoms with Gasteiger partial charge in [0.15, 0.2) is 0 Å². The molecular weight excluding hydrogens is 307 g/mol. The van der Waals surface area contributed by atoms with Crippen LogP contribution in [0.25, 0.3) is 22.2 Å². The maximum atomic E-state index is 13.7. The predicted molar refractivity (Wildman–Crippen MR) is 91.2 cm³/mol. The average molecular weight is 326 g/mol. The van der Waals surface area contributed by atoms with Crippen molar-refractivity contribution in [2.75, 3.05) is 13.6 Å². The summed E-state index contributed by atoms with van der Waals surface area (Å²) in [5.74, 6) is -0.538. The van der Waals surface area contributed by atoms with Crippen LogP contribution in [0.4, 0.5) is 4.39 Å². The van der Waals surface area contributed by atoms with Crippen LogP contribution in [0.15, 0.2) is 36.7 Å². The summed E-state index contributed by atoms with van der Waals surface area (Å²) >= 11 is 0. The fourth-order valence-corrected chi connectivity index (χ4v) is 2.54. The number of hydrogen-bond acceptors (Lipinski definition) is 3. The second-order valence-corrected chi connectivity index (χ2v) is 5.62. The molecule has 0 saturated carbocycles. The molecule has 124 valence electrons. The predicted octanol–water partition coefficient (Wildman–Crippen LogP) is 3.35. The molecule has 5 nitrogen and oxygen atoms in total. The molecule has 0 N–H and O–H groups in total. The van der Waals surface area contributed by atoms with Crippen molar-refractivity contribution in [2.24, 2.45) is 0 Å². The van der Waals surface area contributed by atoms with Gasteiger partial charge in [0.25, 0.3) is 5.91 Å². The van der Waals surface area contributed by atoms with Gasteiger partial charge in [-0.2, -0.15) is 5.10 Å². The van der Waals surface area contributed by atoms with E-state index in [1.165, 1.54) is 12.1 Å². The van der Waals surface area contributed by atoms with Crippen LogP contribution in [0.5, 0.6) is 0 Å². The number of aromatic nitrogens is 3. The van der Waals surface area contributed by atoms with Crippen LogP contribution in [0.1, 0.15) is 24.2 Å². The Hall–Kier alpha value is -2.76.